The quantitative estimate of drug-likeness (QED) is 0.382. The second-order valence-electron chi connectivity index (χ2n) is 7.14. The van der Waals surface area contributed by atoms with Crippen molar-refractivity contribution in [1.29, 1.82) is 5.26 Å². The Balaban J connectivity index is 1.99. The Bertz CT molecular complexity index is 1180. The summed E-state index contributed by atoms with van der Waals surface area (Å²) in [6.45, 7) is 2.05. The van der Waals surface area contributed by atoms with Gasteiger partial charge in [-0.15, -0.1) is 23.1 Å². The number of nitriles is 1. The molecule has 2 heterocycles. The highest BCUT2D eigenvalue weighted by atomic mass is 32.2. The summed E-state index contributed by atoms with van der Waals surface area (Å²) in [5.74, 6) is 0.438. The summed E-state index contributed by atoms with van der Waals surface area (Å²) in [4.78, 5) is 27.9. The number of rotatable bonds is 5. The van der Waals surface area contributed by atoms with Gasteiger partial charge >= 0.3 is 0 Å². The monoisotopic (exact) mass is 452 g/mol. The molecule has 1 aliphatic heterocycles. The molecule has 0 bridgehead atoms. The zero-order valence-electron chi connectivity index (χ0n) is 16.8. The lowest BCUT2D eigenvalue weighted by atomic mass is 9.78. The molecule has 1 aromatic heterocycles. The molecule has 2 aliphatic rings. The maximum absolute atomic E-state index is 13.2. The first-order valence-electron chi connectivity index (χ1n) is 9.89. The van der Waals surface area contributed by atoms with E-state index in [2.05, 4.69) is 13.0 Å². The van der Waals surface area contributed by atoms with E-state index in [0.29, 0.717) is 30.5 Å². The normalized spacial score (nSPS) is 18.8. The van der Waals surface area contributed by atoms with Gasteiger partial charge in [-0.05, 0) is 36.1 Å². The maximum Gasteiger partial charge on any atom is 0.293 e. The van der Waals surface area contributed by atoms with E-state index >= 15 is 0 Å². The number of allylic oxidation sites excluding steroid dienone is 3. The number of hydrogen-bond acceptors (Lipinski definition) is 8. The summed E-state index contributed by atoms with van der Waals surface area (Å²) in [6.07, 6.45) is 1.59. The van der Waals surface area contributed by atoms with Crippen LogP contribution in [0.15, 0.2) is 63.3 Å². The number of hydrogen-bond donors (Lipinski definition) is 1. The average Bonchev–Trinajstić information content (AvgIpc) is 3.21. The van der Waals surface area contributed by atoms with E-state index in [1.54, 1.807) is 34.9 Å². The van der Waals surface area contributed by atoms with E-state index in [1.807, 2.05) is 11.4 Å². The summed E-state index contributed by atoms with van der Waals surface area (Å²) in [5.41, 5.74) is 8.13. The van der Waals surface area contributed by atoms with Gasteiger partial charge in [0.15, 0.2) is 5.78 Å². The van der Waals surface area contributed by atoms with Crippen molar-refractivity contribution in [2.24, 2.45) is 5.73 Å². The molecule has 0 saturated carbocycles. The van der Waals surface area contributed by atoms with Crippen molar-refractivity contribution in [3.8, 4) is 6.07 Å². The van der Waals surface area contributed by atoms with Crippen LogP contribution in [-0.4, -0.2) is 16.5 Å². The fourth-order valence-corrected chi connectivity index (χ4v) is 6.28. The van der Waals surface area contributed by atoms with Gasteiger partial charge in [0.2, 0.25) is 0 Å². The lowest BCUT2D eigenvalue weighted by Crippen LogP contribution is -2.38. The molecule has 2 aromatic rings. The molecule has 1 atom stereocenters. The second kappa shape index (κ2) is 8.57. The minimum Gasteiger partial charge on any atom is -0.384 e. The van der Waals surface area contributed by atoms with Gasteiger partial charge in [-0.25, -0.2) is 0 Å². The summed E-state index contributed by atoms with van der Waals surface area (Å²) >= 11 is 3.17. The molecule has 0 fully saturated rings. The number of ketones is 1. The molecule has 0 radical (unpaired) electrons. The minimum atomic E-state index is -0.541. The number of nitro benzene ring substituents is 1. The first-order valence-corrected chi connectivity index (χ1v) is 11.8. The standard InChI is InChI=1S/C22H20N4O3S2/c1-2-30-18-10-11-31-21(18)19-13(12-23)22(24)25(16-8-5-9-17(27)20(16)19)14-6-3-4-7-15(14)26(28)29/h3-4,6-7,10-11,19H,2,5,8-9,24H2,1H3. The molecule has 2 N–H and O–H groups in total. The van der Waals surface area contributed by atoms with Gasteiger partial charge in [-0.1, -0.05) is 19.1 Å². The van der Waals surface area contributed by atoms with E-state index in [4.69, 9.17) is 5.73 Å². The van der Waals surface area contributed by atoms with Gasteiger partial charge in [0.05, 0.1) is 22.5 Å². The van der Waals surface area contributed by atoms with Crippen LogP contribution in [0.1, 0.15) is 37.0 Å². The molecule has 0 amide bonds. The van der Waals surface area contributed by atoms with E-state index in [0.717, 1.165) is 15.5 Å². The minimum absolute atomic E-state index is 0.0315. The number of para-hydroxylation sites is 2. The molecule has 7 nitrogen and oxygen atoms in total. The third kappa shape index (κ3) is 3.52. The SMILES string of the molecule is CCSc1ccsc1C1C(C#N)=C(N)N(c2ccccc2[N+](=O)[O-])C2=C1C(=O)CCC2. The molecule has 4 rings (SSSR count). The lowest BCUT2D eigenvalue weighted by Gasteiger charge is -2.39. The fourth-order valence-electron chi connectivity index (χ4n) is 4.23. The van der Waals surface area contributed by atoms with E-state index < -0.39 is 10.8 Å². The fraction of sp³-hybridized carbons (Fsp3) is 0.273. The number of carbonyl (C=O) groups is 1. The first kappa shape index (κ1) is 21.2. The third-order valence-electron chi connectivity index (χ3n) is 5.45. The van der Waals surface area contributed by atoms with Crippen LogP contribution in [0.25, 0.3) is 0 Å². The highest BCUT2D eigenvalue weighted by molar-refractivity contribution is 7.99. The Morgan fingerprint density at radius 3 is 2.84 bits per heavy atom. The molecule has 1 aliphatic carbocycles. The van der Waals surface area contributed by atoms with Crippen LogP contribution in [0.2, 0.25) is 0 Å². The van der Waals surface area contributed by atoms with Gasteiger partial charge in [-0.2, -0.15) is 5.26 Å². The van der Waals surface area contributed by atoms with Gasteiger partial charge in [0, 0.05) is 33.5 Å². The third-order valence-corrected chi connectivity index (χ3v) is 7.52. The molecule has 1 aromatic carbocycles. The van der Waals surface area contributed by atoms with Crippen LogP contribution in [0.4, 0.5) is 11.4 Å². The number of Topliss-reactive ketones (excluding diaryl/α,β-unsaturated/α-hetero) is 1. The van der Waals surface area contributed by atoms with Crippen molar-refractivity contribution in [2.75, 3.05) is 10.7 Å². The predicted molar refractivity (Wildman–Crippen MR) is 122 cm³/mol. The van der Waals surface area contributed by atoms with E-state index in [-0.39, 0.29) is 28.6 Å². The maximum atomic E-state index is 13.2. The predicted octanol–water partition coefficient (Wildman–Crippen LogP) is 5.07. The Hall–Kier alpha value is -3.09. The van der Waals surface area contributed by atoms with Crippen LogP contribution in [-0.2, 0) is 4.79 Å². The Morgan fingerprint density at radius 2 is 2.13 bits per heavy atom. The average molecular weight is 453 g/mol. The Kier molecular flexibility index (Phi) is 5.85. The van der Waals surface area contributed by atoms with Crippen molar-refractivity contribution in [1.82, 2.24) is 0 Å². The van der Waals surface area contributed by atoms with Crippen molar-refractivity contribution in [2.45, 2.75) is 37.0 Å². The molecule has 31 heavy (non-hydrogen) atoms. The zero-order chi connectivity index (χ0) is 22.1. The first-order chi connectivity index (χ1) is 15.0. The summed E-state index contributed by atoms with van der Waals surface area (Å²) in [6, 6.07) is 10.5. The Morgan fingerprint density at radius 1 is 1.35 bits per heavy atom. The topological polar surface area (TPSA) is 113 Å². The second-order valence-corrected chi connectivity index (χ2v) is 9.40. The summed E-state index contributed by atoms with van der Waals surface area (Å²) < 4.78 is 0. The molecular formula is C22H20N4O3S2. The lowest BCUT2D eigenvalue weighted by molar-refractivity contribution is -0.384. The number of nitrogens with two attached hydrogens (primary N) is 1. The smallest absolute Gasteiger partial charge is 0.293 e. The van der Waals surface area contributed by atoms with Crippen LogP contribution in [0, 0.1) is 21.4 Å². The van der Waals surface area contributed by atoms with E-state index in [9.17, 15) is 20.2 Å². The summed E-state index contributed by atoms with van der Waals surface area (Å²) in [7, 11) is 0. The molecule has 9 heteroatoms. The molecule has 0 spiro atoms. The number of anilines is 1. The zero-order valence-corrected chi connectivity index (χ0v) is 18.5. The highest BCUT2D eigenvalue weighted by Gasteiger charge is 2.42. The number of nitrogens with zero attached hydrogens (tertiary/aromatic N) is 3. The molecular weight excluding hydrogens is 432 g/mol. The van der Waals surface area contributed by atoms with Crippen molar-refractivity contribution in [3.05, 3.63) is 73.4 Å². The van der Waals surface area contributed by atoms with Crippen LogP contribution < -0.4 is 10.6 Å². The van der Waals surface area contributed by atoms with Crippen LogP contribution >= 0.6 is 23.1 Å². The van der Waals surface area contributed by atoms with Gasteiger partial charge in [0.25, 0.3) is 5.69 Å². The largest absolute Gasteiger partial charge is 0.384 e. The van der Waals surface area contributed by atoms with Gasteiger partial charge < -0.3 is 5.73 Å². The van der Waals surface area contributed by atoms with Crippen molar-refractivity contribution in [3.63, 3.8) is 0 Å². The highest BCUT2D eigenvalue weighted by Crippen LogP contribution is 2.50. The van der Waals surface area contributed by atoms with Crippen molar-refractivity contribution < 1.29 is 9.72 Å². The van der Waals surface area contributed by atoms with Crippen molar-refractivity contribution >= 4 is 40.3 Å². The van der Waals surface area contributed by atoms with Crippen LogP contribution in [0.3, 0.4) is 0 Å². The molecule has 1 unspecified atom stereocenters. The number of carbonyl (C=O) groups excluding carboxylic acids is 1. The van der Waals surface area contributed by atoms with Crippen LogP contribution in [0.5, 0.6) is 0 Å². The molecule has 158 valence electrons. The number of thioether (sulfide) groups is 1. The summed E-state index contributed by atoms with van der Waals surface area (Å²) in [5, 5.41) is 23.7. The number of benzene rings is 1. The molecule has 0 saturated heterocycles. The Labute approximate surface area is 188 Å². The van der Waals surface area contributed by atoms with E-state index in [1.165, 1.54) is 17.4 Å². The van der Waals surface area contributed by atoms with Gasteiger partial charge in [-0.3, -0.25) is 19.8 Å². The number of thiophene rings is 1. The van der Waals surface area contributed by atoms with Gasteiger partial charge in [0.1, 0.15) is 11.5 Å². The number of nitro groups is 1.